The van der Waals surface area contributed by atoms with Crippen molar-refractivity contribution in [2.45, 2.75) is 46.1 Å². The summed E-state index contributed by atoms with van der Waals surface area (Å²) in [6, 6.07) is 8.72. The van der Waals surface area contributed by atoms with Gasteiger partial charge in [-0.25, -0.2) is 4.99 Å². The van der Waals surface area contributed by atoms with E-state index in [1.807, 2.05) is 0 Å². The van der Waals surface area contributed by atoms with Gasteiger partial charge in [0, 0.05) is 26.8 Å². The number of benzene rings is 1. The summed E-state index contributed by atoms with van der Waals surface area (Å²) in [6.45, 7) is 13.1. The first kappa shape index (κ1) is 21.5. The lowest BCUT2D eigenvalue weighted by Crippen LogP contribution is -2.38. The predicted octanol–water partition coefficient (Wildman–Crippen LogP) is 3.09. The minimum atomic E-state index is 0.184. The van der Waals surface area contributed by atoms with E-state index in [0.29, 0.717) is 19.8 Å². The van der Waals surface area contributed by atoms with Gasteiger partial charge in [-0.15, -0.1) is 0 Å². The van der Waals surface area contributed by atoms with Crippen molar-refractivity contribution in [1.82, 2.24) is 10.6 Å². The molecule has 1 rings (SSSR count). The fourth-order valence-electron chi connectivity index (χ4n) is 2.25. The van der Waals surface area contributed by atoms with Gasteiger partial charge < -0.3 is 20.1 Å². The van der Waals surface area contributed by atoms with Crippen LogP contribution in [0.5, 0.6) is 0 Å². The van der Waals surface area contributed by atoms with E-state index in [9.17, 15) is 0 Å². The van der Waals surface area contributed by atoms with Crippen LogP contribution in [0.4, 0.5) is 0 Å². The Morgan fingerprint density at radius 1 is 1.04 bits per heavy atom. The van der Waals surface area contributed by atoms with Gasteiger partial charge >= 0.3 is 0 Å². The lowest BCUT2D eigenvalue weighted by molar-refractivity contribution is 0.0698. The fraction of sp³-hybridized carbons (Fsp3) is 0.650. The van der Waals surface area contributed by atoms with Gasteiger partial charge in [-0.05, 0) is 29.9 Å². The van der Waals surface area contributed by atoms with Crippen LogP contribution in [0, 0.1) is 0 Å². The second kappa shape index (κ2) is 11.9. The molecule has 0 amide bonds. The van der Waals surface area contributed by atoms with Crippen molar-refractivity contribution in [1.29, 1.82) is 0 Å². The SMILES string of the molecule is CCNC(=NCc1ccc(C(C)(C)C)cc1)NCCCOCCOC. The van der Waals surface area contributed by atoms with Crippen molar-refractivity contribution in [2.75, 3.05) is 40.0 Å². The van der Waals surface area contributed by atoms with E-state index in [1.54, 1.807) is 7.11 Å². The quantitative estimate of drug-likeness (QED) is 0.387. The molecule has 0 radical (unpaired) electrons. The van der Waals surface area contributed by atoms with E-state index in [4.69, 9.17) is 9.47 Å². The number of nitrogens with zero attached hydrogens (tertiary/aromatic N) is 1. The molecule has 0 unspecified atom stereocenters. The van der Waals surface area contributed by atoms with Gasteiger partial charge in [0.25, 0.3) is 0 Å². The summed E-state index contributed by atoms with van der Waals surface area (Å²) in [7, 11) is 1.68. The van der Waals surface area contributed by atoms with Crippen LogP contribution in [0.15, 0.2) is 29.3 Å². The normalized spacial score (nSPS) is 12.3. The first-order valence-corrected chi connectivity index (χ1v) is 9.15. The second-order valence-corrected chi connectivity index (χ2v) is 7.03. The third kappa shape index (κ3) is 9.46. The zero-order chi connectivity index (χ0) is 18.5. The first-order chi connectivity index (χ1) is 12.0. The van der Waals surface area contributed by atoms with Crippen LogP contribution < -0.4 is 10.6 Å². The maximum Gasteiger partial charge on any atom is 0.191 e. The largest absolute Gasteiger partial charge is 0.382 e. The molecule has 0 atom stereocenters. The van der Waals surface area contributed by atoms with E-state index in [0.717, 1.165) is 32.1 Å². The Morgan fingerprint density at radius 3 is 2.36 bits per heavy atom. The lowest BCUT2D eigenvalue weighted by atomic mass is 9.87. The number of aliphatic imine (C=N–C) groups is 1. The van der Waals surface area contributed by atoms with Gasteiger partial charge in [0.15, 0.2) is 5.96 Å². The molecule has 1 aromatic rings. The molecule has 0 fully saturated rings. The number of nitrogens with one attached hydrogen (secondary N) is 2. The predicted molar refractivity (Wildman–Crippen MR) is 105 cm³/mol. The molecule has 142 valence electrons. The fourth-order valence-corrected chi connectivity index (χ4v) is 2.25. The highest BCUT2D eigenvalue weighted by molar-refractivity contribution is 5.79. The average molecular weight is 350 g/mol. The second-order valence-electron chi connectivity index (χ2n) is 7.03. The molecule has 0 heterocycles. The molecule has 0 bridgehead atoms. The molecule has 0 aliphatic carbocycles. The molecule has 1 aromatic carbocycles. The van der Waals surface area contributed by atoms with Gasteiger partial charge in [0.05, 0.1) is 19.8 Å². The molecular weight excluding hydrogens is 314 g/mol. The van der Waals surface area contributed by atoms with Gasteiger partial charge in [-0.2, -0.15) is 0 Å². The molecule has 0 spiro atoms. The summed E-state index contributed by atoms with van der Waals surface area (Å²) in [5, 5.41) is 6.62. The Morgan fingerprint density at radius 2 is 1.76 bits per heavy atom. The Bertz CT molecular complexity index is 493. The maximum atomic E-state index is 5.46. The van der Waals surface area contributed by atoms with Crippen molar-refractivity contribution in [3.8, 4) is 0 Å². The zero-order valence-corrected chi connectivity index (χ0v) is 16.5. The number of methoxy groups -OCH3 is 1. The smallest absolute Gasteiger partial charge is 0.191 e. The maximum absolute atomic E-state index is 5.46. The highest BCUT2D eigenvalue weighted by atomic mass is 16.5. The summed E-state index contributed by atoms with van der Waals surface area (Å²) in [4.78, 5) is 4.66. The summed E-state index contributed by atoms with van der Waals surface area (Å²) >= 11 is 0. The van der Waals surface area contributed by atoms with Crippen LogP contribution in [0.25, 0.3) is 0 Å². The van der Waals surface area contributed by atoms with E-state index in [-0.39, 0.29) is 5.41 Å². The molecule has 5 heteroatoms. The number of rotatable bonds is 10. The van der Waals surface area contributed by atoms with Crippen LogP contribution in [0.1, 0.15) is 45.2 Å². The molecule has 0 aliphatic rings. The third-order valence-electron chi connectivity index (χ3n) is 3.77. The van der Waals surface area contributed by atoms with E-state index in [2.05, 4.69) is 67.6 Å². The van der Waals surface area contributed by atoms with Crippen molar-refractivity contribution in [2.24, 2.45) is 4.99 Å². The number of hydrogen-bond acceptors (Lipinski definition) is 3. The summed E-state index contributed by atoms with van der Waals surface area (Å²) in [6.07, 6.45) is 0.939. The number of guanidine groups is 1. The summed E-state index contributed by atoms with van der Waals surface area (Å²) < 4.78 is 10.4. The molecule has 0 saturated carbocycles. The van der Waals surface area contributed by atoms with Crippen LogP contribution in [0.3, 0.4) is 0 Å². The highest BCUT2D eigenvalue weighted by Gasteiger charge is 2.12. The Labute approximate surface area is 153 Å². The summed E-state index contributed by atoms with van der Waals surface area (Å²) in [5.74, 6) is 0.847. The Balaban J connectivity index is 2.41. The summed E-state index contributed by atoms with van der Waals surface area (Å²) in [5.41, 5.74) is 2.75. The number of ether oxygens (including phenoxy) is 2. The minimum absolute atomic E-state index is 0.184. The molecule has 25 heavy (non-hydrogen) atoms. The van der Waals surface area contributed by atoms with E-state index in [1.165, 1.54) is 11.1 Å². The molecule has 0 saturated heterocycles. The average Bonchev–Trinajstić information content (AvgIpc) is 2.58. The van der Waals surface area contributed by atoms with Crippen LogP contribution in [-0.2, 0) is 21.4 Å². The van der Waals surface area contributed by atoms with Crippen molar-refractivity contribution in [3.63, 3.8) is 0 Å². The van der Waals surface area contributed by atoms with Crippen LogP contribution in [0.2, 0.25) is 0 Å². The Kier molecular flexibility index (Phi) is 10.2. The van der Waals surface area contributed by atoms with Gasteiger partial charge in [0.1, 0.15) is 0 Å². The monoisotopic (exact) mass is 349 g/mol. The van der Waals surface area contributed by atoms with E-state index < -0.39 is 0 Å². The zero-order valence-electron chi connectivity index (χ0n) is 16.5. The minimum Gasteiger partial charge on any atom is -0.382 e. The van der Waals surface area contributed by atoms with Gasteiger partial charge in [-0.3, -0.25) is 0 Å². The topological polar surface area (TPSA) is 54.9 Å². The first-order valence-electron chi connectivity index (χ1n) is 9.15. The molecule has 5 nitrogen and oxygen atoms in total. The van der Waals surface area contributed by atoms with Crippen LogP contribution >= 0.6 is 0 Å². The van der Waals surface area contributed by atoms with Crippen molar-refractivity contribution >= 4 is 5.96 Å². The van der Waals surface area contributed by atoms with Gasteiger partial charge in [0.2, 0.25) is 0 Å². The number of hydrogen-bond donors (Lipinski definition) is 2. The molecule has 0 aromatic heterocycles. The Hall–Kier alpha value is -1.59. The van der Waals surface area contributed by atoms with Crippen molar-refractivity contribution in [3.05, 3.63) is 35.4 Å². The van der Waals surface area contributed by atoms with Crippen molar-refractivity contribution < 1.29 is 9.47 Å². The standard InChI is InChI=1S/C20H35N3O2/c1-6-21-19(22-12-7-13-25-15-14-24-5)23-16-17-8-10-18(11-9-17)20(2,3)4/h8-11H,6-7,12-16H2,1-5H3,(H2,21,22,23). The van der Waals surface area contributed by atoms with Gasteiger partial charge in [-0.1, -0.05) is 45.0 Å². The molecule has 0 aliphatic heterocycles. The molecular formula is C20H35N3O2. The lowest BCUT2D eigenvalue weighted by Gasteiger charge is -2.19. The highest BCUT2D eigenvalue weighted by Crippen LogP contribution is 2.22. The van der Waals surface area contributed by atoms with E-state index >= 15 is 0 Å². The molecule has 2 N–H and O–H groups in total. The third-order valence-corrected chi connectivity index (χ3v) is 3.77. The van der Waals surface area contributed by atoms with Crippen LogP contribution in [-0.4, -0.2) is 46.0 Å².